The summed E-state index contributed by atoms with van der Waals surface area (Å²) in [5, 5.41) is 11.1. The molecule has 0 aliphatic carbocycles. The molecule has 0 aromatic heterocycles. The molecule has 0 aliphatic heterocycles. The Kier molecular flexibility index (Phi) is 5.03. The zero-order chi connectivity index (χ0) is 12.8. The van der Waals surface area contributed by atoms with Crippen molar-refractivity contribution in [2.24, 2.45) is 0 Å². The quantitative estimate of drug-likeness (QED) is 0.830. The van der Waals surface area contributed by atoms with E-state index in [2.05, 4.69) is 5.32 Å². The normalized spacial score (nSPS) is 12.2. The van der Waals surface area contributed by atoms with E-state index in [1.54, 1.807) is 6.92 Å². The first-order valence-electron chi connectivity index (χ1n) is 5.39. The van der Waals surface area contributed by atoms with Crippen LogP contribution in [0, 0.1) is 11.6 Å². The molecule has 0 spiro atoms. The van der Waals surface area contributed by atoms with Crippen LogP contribution in [-0.4, -0.2) is 17.6 Å². The highest BCUT2D eigenvalue weighted by Gasteiger charge is 2.13. The van der Waals surface area contributed by atoms with Gasteiger partial charge in [0, 0.05) is 24.7 Å². The number of hydrogen-bond donors (Lipinski definition) is 2. The summed E-state index contributed by atoms with van der Waals surface area (Å²) in [6.45, 7) is 1.56. The third kappa shape index (κ3) is 4.11. The predicted molar refractivity (Wildman–Crippen MR) is 59.2 cm³/mol. The van der Waals surface area contributed by atoms with Gasteiger partial charge in [0.05, 0.1) is 6.04 Å². The summed E-state index contributed by atoms with van der Waals surface area (Å²) in [6.07, 6.45) is 0.550. The van der Waals surface area contributed by atoms with E-state index >= 15 is 0 Å². The summed E-state index contributed by atoms with van der Waals surface area (Å²) in [7, 11) is 0. The Bertz CT molecular complexity index is 396. The molecule has 0 fully saturated rings. The number of amides is 1. The lowest BCUT2D eigenvalue weighted by atomic mass is 10.1. The van der Waals surface area contributed by atoms with E-state index in [0.717, 1.165) is 12.1 Å². The van der Waals surface area contributed by atoms with Gasteiger partial charge in [0.25, 0.3) is 0 Å². The van der Waals surface area contributed by atoms with Gasteiger partial charge in [-0.05, 0) is 19.4 Å². The van der Waals surface area contributed by atoms with Gasteiger partial charge in [0.1, 0.15) is 11.6 Å². The Labute approximate surface area is 98.5 Å². The number of aliphatic hydroxyl groups is 1. The molecule has 0 bridgehead atoms. The molecular formula is C12H15F2NO2. The molecule has 94 valence electrons. The number of carbonyl (C=O) groups is 1. The lowest BCUT2D eigenvalue weighted by molar-refractivity contribution is -0.122. The van der Waals surface area contributed by atoms with Crippen molar-refractivity contribution >= 4 is 5.91 Å². The second-order valence-corrected chi connectivity index (χ2v) is 3.78. The van der Waals surface area contributed by atoms with E-state index < -0.39 is 17.7 Å². The molecule has 2 N–H and O–H groups in total. The van der Waals surface area contributed by atoms with Crippen LogP contribution in [0.5, 0.6) is 0 Å². The number of aliphatic hydroxyl groups excluding tert-OH is 1. The number of nitrogens with one attached hydrogen (secondary N) is 1. The molecule has 0 saturated carbocycles. The van der Waals surface area contributed by atoms with Crippen LogP contribution in [0.15, 0.2) is 18.2 Å². The molecule has 17 heavy (non-hydrogen) atoms. The van der Waals surface area contributed by atoms with Crippen molar-refractivity contribution in [2.45, 2.75) is 25.8 Å². The highest BCUT2D eigenvalue weighted by atomic mass is 19.1. The van der Waals surface area contributed by atoms with E-state index in [4.69, 9.17) is 5.11 Å². The maximum absolute atomic E-state index is 13.4. The second kappa shape index (κ2) is 6.30. The summed E-state index contributed by atoms with van der Waals surface area (Å²) in [5.74, 6) is -1.60. The fourth-order valence-electron chi connectivity index (χ4n) is 1.48. The molecule has 0 heterocycles. The van der Waals surface area contributed by atoms with Crippen LogP contribution < -0.4 is 5.32 Å². The van der Waals surface area contributed by atoms with Gasteiger partial charge in [-0.3, -0.25) is 4.79 Å². The molecule has 1 unspecified atom stereocenters. The lowest BCUT2D eigenvalue weighted by Crippen LogP contribution is -2.27. The van der Waals surface area contributed by atoms with E-state index in [1.165, 1.54) is 6.07 Å². The zero-order valence-electron chi connectivity index (χ0n) is 9.54. The van der Waals surface area contributed by atoms with Crippen molar-refractivity contribution in [1.29, 1.82) is 0 Å². The van der Waals surface area contributed by atoms with Crippen molar-refractivity contribution in [3.05, 3.63) is 35.4 Å². The van der Waals surface area contributed by atoms with Gasteiger partial charge in [0.15, 0.2) is 0 Å². The zero-order valence-corrected chi connectivity index (χ0v) is 9.54. The summed E-state index contributed by atoms with van der Waals surface area (Å²) < 4.78 is 26.1. The van der Waals surface area contributed by atoms with Crippen molar-refractivity contribution in [2.75, 3.05) is 6.61 Å². The molecule has 0 saturated heterocycles. The number of benzene rings is 1. The Morgan fingerprint density at radius 1 is 1.47 bits per heavy atom. The molecule has 1 aromatic carbocycles. The summed E-state index contributed by atoms with van der Waals surface area (Å²) in [5.41, 5.74) is 0.240. The van der Waals surface area contributed by atoms with Gasteiger partial charge >= 0.3 is 0 Å². The van der Waals surface area contributed by atoms with Crippen LogP contribution >= 0.6 is 0 Å². The molecule has 0 radical (unpaired) electrons. The summed E-state index contributed by atoms with van der Waals surface area (Å²) in [4.78, 5) is 11.3. The molecule has 0 aliphatic rings. The first-order valence-corrected chi connectivity index (χ1v) is 5.39. The van der Waals surface area contributed by atoms with E-state index in [1.807, 2.05) is 0 Å². The Morgan fingerprint density at radius 2 is 2.18 bits per heavy atom. The van der Waals surface area contributed by atoms with Crippen LogP contribution in [0.3, 0.4) is 0 Å². The minimum Gasteiger partial charge on any atom is -0.396 e. The van der Waals surface area contributed by atoms with Crippen LogP contribution in [-0.2, 0) is 4.79 Å². The van der Waals surface area contributed by atoms with E-state index in [0.29, 0.717) is 6.42 Å². The number of rotatable bonds is 5. The highest BCUT2D eigenvalue weighted by molar-refractivity contribution is 5.76. The van der Waals surface area contributed by atoms with Gasteiger partial charge in [-0.25, -0.2) is 8.78 Å². The fourth-order valence-corrected chi connectivity index (χ4v) is 1.48. The van der Waals surface area contributed by atoms with Crippen LogP contribution in [0.2, 0.25) is 0 Å². The largest absolute Gasteiger partial charge is 0.396 e. The van der Waals surface area contributed by atoms with Crippen molar-refractivity contribution in [1.82, 2.24) is 5.32 Å². The fraction of sp³-hybridized carbons (Fsp3) is 0.417. The minimum absolute atomic E-state index is 0.0628. The SMILES string of the molecule is CC(NC(=O)CCCO)c1ccc(F)cc1F. The van der Waals surface area contributed by atoms with Gasteiger partial charge in [-0.2, -0.15) is 0 Å². The minimum atomic E-state index is -0.681. The van der Waals surface area contributed by atoms with Crippen molar-refractivity contribution < 1.29 is 18.7 Å². The molecular weight excluding hydrogens is 228 g/mol. The lowest BCUT2D eigenvalue weighted by Gasteiger charge is -2.14. The van der Waals surface area contributed by atoms with Crippen LogP contribution in [0.1, 0.15) is 31.4 Å². The highest BCUT2D eigenvalue weighted by Crippen LogP contribution is 2.17. The Morgan fingerprint density at radius 3 is 2.76 bits per heavy atom. The van der Waals surface area contributed by atoms with Crippen LogP contribution in [0.25, 0.3) is 0 Å². The summed E-state index contributed by atoms with van der Waals surface area (Å²) >= 11 is 0. The smallest absolute Gasteiger partial charge is 0.220 e. The van der Waals surface area contributed by atoms with E-state index in [9.17, 15) is 13.6 Å². The van der Waals surface area contributed by atoms with Crippen molar-refractivity contribution in [3.63, 3.8) is 0 Å². The molecule has 1 rings (SSSR count). The van der Waals surface area contributed by atoms with Gasteiger partial charge < -0.3 is 10.4 Å². The first kappa shape index (κ1) is 13.6. The predicted octanol–water partition coefficient (Wildman–Crippen LogP) is 1.91. The van der Waals surface area contributed by atoms with E-state index in [-0.39, 0.29) is 24.5 Å². The molecule has 5 heteroatoms. The molecule has 1 aromatic rings. The number of hydrogen-bond acceptors (Lipinski definition) is 2. The standard InChI is InChI=1S/C12H15F2NO2/c1-8(15-12(17)3-2-6-16)10-5-4-9(13)7-11(10)14/h4-5,7-8,16H,2-3,6H2,1H3,(H,15,17). The third-order valence-electron chi connectivity index (χ3n) is 2.37. The first-order chi connectivity index (χ1) is 8.04. The molecule has 1 atom stereocenters. The molecule has 3 nitrogen and oxygen atoms in total. The Hall–Kier alpha value is -1.49. The monoisotopic (exact) mass is 243 g/mol. The average molecular weight is 243 g/mol. The van der Waals surface area contributed by atoms with Crippen molar-refractivity contribution in [3.8, 4) is 0 Å². The molecule has 1 amide bonds. The Balaban J connectivity index is 2.63. The van der Waals surface area contributed by atoms with Gasteiger partial charge in [0.2, 0.25) is 5.91 Å². The topological polar surface area (TPSA) is 49.3 Å². The summed E-state index contributed by atoms with van der Waals surface area (Å²) in [6, 6.07) is 2.71. The third-order valence-corrected chi connectivity index (χ3v) is 2.37. The second-order valence-electron chi connectivity index (χ2n) is 3.78. The maximum atomic E-state index is 13.4. The number of carbonyl (C=O) groups excluding carboxylic acids is 1. The van der Waals surface area contributed by atoms with Crippen LogP contribution in [0.4, 0.5) is 8.78 Å². The van der Waals surface area contributed by atoms with Gasteiger partial charge in [-0.15, -0.1) is 0 Å². The average Bonchev–Trinajstić information content (AvgIpc) is 2.26. The van der Waals surface area contributed by atoms with Gasteiger partial charge in [-0.1, -0.05) is 6.07 Å². The maximum Gasteiger partial charge on any atom is 0.220 e. The number of halogens is 2.